The first-order valence-corrected chi connectivity index (χ1v) is 5.19. The molecule has 2 heteroatoms. The maximum atomic E-state index is 4.18. The molecule has 2 nitrogen and oxygen atoms in total. The summed E-state index contributed by atoms with van der Waals surface area (Å²) in [5.74, 6) is 0. The Morgan fingerprint density at radius 1 is 1.42 bits per heavy atom. The predicted molar refractivity (Wildman–Crippen MR) is 51.0 cm³/mol. The molecule has 1 rings (SSSR count). The van der Waals surface area contributed by atoms with Gasteiger partial charge >= 0.3 is 0 Å². The smallest absolute Gasteiger partial charge is 0.138 e. The van der Waals surface area contributed by atoms with E-state index in [-0.39, 0.29) is 5.54 Å². The lowest BCUT2D eigenvalue weighted by Gasteiger charge is -2.33. The van der Waals surface area contributed by atoms with Crippen molar-refractivity contribution < 1.29 is 10.6 Å². The second-order valence-electron chi connectivity index (χ2n) is 5.15. The lowest BCUT2D eigenvalue weighted by molar-refractivity contribution is -0.940. The normalized spacial score (nSPS) is 32.0. The number of likely N-dealkylation sites (tertiary alicyclic amines) is 1. The molecule has 12 heavy (non-hydrogen) atoms. The van der Waals surface area contributed by atoms with E-state index in [0.717, 1.165) is 6.04 Å². The van der Waals surface area contributed by atoms with Crippen LogP contribution >= 0.6 is 0 Å². The molecule has 0 aromatic heterocycles. The van der Waals surface area contributed by atoms with Gasteiger partial charge in [-0.1, -0.05) is 0 Å². The van der Waals surface area contributed by atoms with Crippen molar-refractivity contribution in [2.24, 2.45) is 0 Å². The second kappa shape index (κ2) is 3.75. The lowest BCUT2D eigenvalue weighted by atomic mass is 9.99. The first-order chi connectivity index (χ1) is 5.49. The van der Waals surface area contributed by atoms with E-state index in [0.29, 0.717) is 0 Å². The third-order valence-electron chi connectivity index (χ3n) is 2.79. The summed E-state index contributed by atoms with van der Waals surface area (Å²) in [5, 5.41) is 0. The lowest BCUT2D eigenvalue weighted by Crippen LogP contribution is -3.19. The summed E-state index contributed by atoms with van der Waals surface area (Å²) in [7, 11) is 0. The van der Waals surface area contributed by atoms with Crippen LogP contribution in [0, 0.1) is 0 Å². The van der Waals surface area contributed by atoms with Gasteiger partial charge in [-0.25, -0.2) is 0 Å². The Hall–Kier alpha value is -0.0800. The van der Waals surface area contributed by atoms with Crippen LogP contribution < -0.4 is 10.6 Å². The minimum Gasteiger partial charge on any atom is -0.349 e. The van der Waals surface area contributed by atoms with Crippen molar-refractivity contribution in [2.45, 2.75) is 51.6 Å². The van der Waals surface area contributed by atoms with Gasteiger partial charge in [0.2, 0.25) is 0 Å². The molecule has 0 bridgehead atoms. The summed E-state index contributed by atoms with van der Waals surface area (Å²) >= 11 is 0. The molecule has 0 aromatic carbocycles. The molecule has 0 aliphatic carbocycles. The Labute approximate surface area is 76.1 Å². The number of hydrogen-bond acceptors (Lipinski definition) is 0. The van der Waals surface area contributed by atoms with Crippen molar-refractivity contribution in [3.05, 3.63) is 0 Å². The van der Waals surface area contributed by atoms with Crippen LogP contribution in [0.5, 0.6) is 0 Å². The number of nitrogens with one attached hydrogen (secondary N) is 1. The van der Waals surface area contributed by atoms with E-state index in [1.165, 1.54) is 32.4 Å². The number of hydrogen-bond donors (Lipinski definition) is 2. The highest BCUT2D eigenvalue weighted by Crippen LogP contribution is 2.02. The van der Waals surface area contributed by atoms with Crippen LogP contribution in [0.2, 0.25) is 0 Å². The highest BCUT2D eigenvalue weighted by Gasteiger charge is 2.28. The fraction of sp³-hybridized carbons (Fsp3) is 1.00. The summed E-state index contributed by atoms with van der Waals surface area (Å²) in [6.07, 6.45) is 4.25. The van der Waals surface area contributed by atoms with Gasteiger partial charge in [-0.15, -0.1) is 0 Å². The maximum Gasteiger partial charge on any atom is 0.138 e. The zero-order valence-corrected chi connectivity index (χ0v) is 8.82. The second-order valence-corrected chi connectivity index (χ2v) is 5.15. The highest BCUT2D eigenvalue weighted by atomic mass is 15.2. The van der Waals surface area contributed by atoms with Gasteiger partial charge in [-0.2, -0.15) is 0 Å². The molecule has 0 amide bonds. The van der Waals surface area contributed by atoms with E-state index in [1.54, 1.807) is 4.90 Å². The summed E-state index contributed by atoms with van der Waals surface area (Å²) in [5.41, 5.74) is 4.43. The maximum absolute atomic E-state index is 4.18. The van der Waals surface area contributed by atoms with E-state index in [4.69, 9.17) is 0 Å². The van der Waals surface area contributed by atoms with Crippen molar-refractivity contribution in [1.82, 2.24) is 0 Å². The molecular weight excluding hydrogens is 148 g/mol. The molecule has 1 saturated heterocycles. The van der Waals surface area contributed by atoms with Crippen molar-refractivity contribution in [3.8, 4) is 0 Å². The van der Waals surface area contributed by atoms with Crippen LogP contribution in [-0.2, 0) is 0 Å². The molecule has 1 fully saturated rings. The van der Waals surface area contributed by atoms with Crippen LogP contribution in [0.1, 0.15) is 40.0 Å². The monoisotopic (exact) mass is 172 g/mol. The average molecular weight is 172 g/mol. The van der Waals surface area contributed by atoms with E-state index >= 15 is 0 Å². The SMILES string of the molecule is C[C@@H]1CCCC[NH+]1CC(C)(C)[NH3+]. The molecule has 0 saturated carbocycles. The Balaban J connectivity index is 2.39. The molecule has 1 aliphatic heterocycles. The van der Waals surface area contributed by atoms with Gasteiger partial charge in [0, 0.05) is 0 Å². The highest BCUT2D eigenvalue weighted by molar-refractivity contribution is 4.63. The third-order valence-corrected chi connectivity index (χ3v) is 2.79. The molecule has 4 N–H and O–H groups in total. The van der Waals surface area contributed by atoms with Crippen LogP contribution in [0.3, 0.4) is 0 Å². The van der Waals surface area contributed by atoms with Crippen LogP contribution in [0.15, 0.2) is 0 Å². The Morgan fingerprint density at radius 3 is 2.58 bits per heavy atom. The molecule has 0 aromatic rings. The Kier molecular flexibility index (Phi) is 3.13. The van der Waals surface area contributed by atoms with Crippen molar-refractivity contribution in [3.63, 3.8) is 0 Å². The van der Waals surface area contributed by atoms with Crippen LogP contribution in [0.25, 0.3) is 0 Å². The molecule has 72 valence electrons. The van der Waals surface area contributed by atoms with Crippen LogP contribution in [-0.4, -0.2) is 24.7 Å². The fourth-order valence-corrected chi connectivity index (χ4v) is 2.13. The van der Waals surface area contributed by atoms with Gasteiger partial charge in [-0.05, 0) is 40.0 Å². The predicted octanol–water partition coefficient (Wildman–Crippen LogP) is -0.536. The van der Waals surface area contributed by atoms with E-state index in [2.05, 4.69) is 26.5 Å². The molecule has 0 spiro atoms. The molecular formula is C10H24N2+2. The van der Waals surface area contributed by atoms with Gasteiger partial charge in [0.15, 0.2) is 0 Å². The largest absolute Gasteiger partial charge is 0.349 e. The molecule has 0 radical (unpaired) electrons. The minimum atomic E-state index is 0.251. The van der Waals surface area contributed by atoms with E-state index in [1.807, 2.05) is 0 Å². The first-order valence-electron chi connectivity index (χ1n) is 5.19. The fourth-order valence-electron chi connectivity index (χ4n) is 2.13. The Morgan fingerprint density at radius 2 is 2.08 bits per heavy atom. The molecule has 1 aliphatic rings. The summed E-state index contributed by atoms with van der Waals surface area (Å²) in [6.45, 7) is 9.44. The third kappa shape index (κ3) is 3.11. The van der Waals surface area contributed by atoms with Gasteiger partial charge in [0.05, 0.1) is 12.6 Å². The average Bonchev–Trinajstić information content (AvgIpc) is 1.91. The standard InChI is InChI=1S/C10H22N2/c1-9-6-4-5-7-12(9)8-10(2,3)11/h9H,4-8,11H2,1-3H3/p+2/t9-/m1/s1. The van der Waals surface area contributed by atoms with E-state index in [9.17, 15) is 0 Å². The van der Waals surface area contributed by atoms with Crippen molar-refractivity contribution in [2.75, 3.05) is 13.1 Å². The summed E-state index contributed by atoms with van der Waals surface area (Å²) in [4.78, 5) is 1.77. The zero-order valence-electron chi connectivity index (χ0n) is 8.82. The van der Waals surface area contributed by atoms with Crippen molar-refractivity contribution >= 4 is 0 Å². The zero-order chi connectivity index (χ0) is 9.19. The summed E-state index contributed by atoms with van der Waals surface area (Å²) in [6, 6.07) is 0.861. The van der Waals surface area contributed by atoms with Crippen molar-refractivity contribution in [1.29, 1.82) is 0 Å². The number of quaternary nitrogens is 2. The topological polar surface area (TPSA) is 32.1 Å². The molecule has 1 unspecified atom stereocenters. The number of piperidine rings is 1. The van der Waals surface area contributed by atoms with E-state index < -0.39 is 0 Å². The molecule has 2 atom stereocenters. The van der Waals surface area contributed by atoms with Gasteiger partial charge < -0.3 is 10.6 Å². The summed E-state index contributed by atoms with van der Waals surface area (Å²) < 4.78 is 0. The number of rotatable bonds is 2. The van der Waals surface area contributed by atoms with Gasteiger partial charge in [-0.3, -0.25) is 0 Å². The van der Waals surface area contributed by atoms with Gasteiger partial charge in [0.1, 0.15) is 12.1 Å². The minimum absolute atomic E-state index is 0.251. The molecule has 1 heterocycles. The Bertz CT molecular complexity index is 137. The quantitative estimate of drug-likeness (QED) is 0.561. The first kappa shape index (κ1) is 10.0. The van der Waals surface area contributed by atoms with Gasteiger partial charge in [0.25, 0.3) is 0 Å². The van der Waals surface area contributed by atoms with Crippen LogP contribution in [0.4, 0.5) is 0 Å².